The van der Waals surface area contributed by atoms with Gasteiger partial charge in [-0.3, -0.25) is 15.1 Å². The molecule has 1 aliphatic carbocycles. The lowest BCUT2D eigenvalue weighted by Crippen LogP contribution is -2.27. The summed E-state index contributed by atoms with van der Waals surface area (Å²) in [6.45, 7) is 0. The molecule has 5 aromatic rings. The van der Waals surface area contributed by atoms with Gasteiger partial charge in [-0.15, -0.1) is 11.3 Å². The van der Waals surface area contributed by atoms with Crippen LogP contribution in [0.15, 0.2) is 43.0 Å². The number of benzene rings is 1. The maximum atomic E-state index is 12.3. The van der Waals surface area contributed by atoms with Crippen LogP contribution in [0.4, 0.5) is 22.1 Å². The molecule has 1 aromatic carbocycles. The topological polar surface area (TPSA) is 123 Å². The van der Waals surface area contributed by atoms with Gasteiger partial charge in [-0.05, 0) is 36.6 Å². The highest BCUT2D eigenvalue weighted by molar-refractivity contribution is 7.19. The monoisotopic (exact) mass is 460 g/mol. The van der Waals surface area contributed by atoms with E-state index in [2.05, 4.69) is 35.9 Å². The Labute approximate surface area is 192 Å². The molecule has 1 aliphatic rings. The summed E-state index contributed by atoms with van der Waals surface area (Å²) in [7, 11) is 1.79. The third kappa shape index (κ3) is 3.76. The van der Waals surface area contributed by atoms with Crippen molar-refractivity contribution >= 4 is 55.9 Å². The smallest absolute Gasteiger partial charge is 0.413 e. The third-order valence-corrected chi connectivity index (χ3v) is 6.88. The molecular weight excluding hydrogens is 440 g/mol. The number of aryl methyl sites for hydroxylation is 2. The van der Waals surface area contributed by atoms with Crippen molar-refractivity contribution < 1.29 is 9.53 Å². The normalized spacial score (nSPS) is 15.5. The minimum atomic E-state index is -0.486. The number of aromatic nitrogens is 6. The van der Waals surface area contributed by atoms with Crippen LogP contribution >= 0.6 is 11.3 Å². The Kier molecular flexibility index (Phi) is 4.68. The van der Waals surface area contributed by atoms with Crippen LogP contribution in [0.3, 0.4) is 0 Å². The number of nitrogens with one attached hydrogen (secondary N) is 3. The van der Waals surface area contributed by atoms with Gasteiger partial charge in [-0.2, -0.15) is 10.2 Å². The molecule has 1 atom stereocenters. The Balaban J connectivity index is 1.22. The number of amides is 1. The number of rotatable bonds is 4. The third-order valence-electron chi connectivity index (χ3n) is 5.72. The van der Waals surface area contributed by atoms with E-state index in [1.54, 1.807) is 47.9 Å². The van der Waals surface area contributed by atoms with E-state index in [0.717, 1.165) is 45.5 Å². The SMILES string of the molecule is Cn1ccc(NC(=O)OC2CCc3c(sc4ncnc(Nc5ccc6[nH]ncc6c5)c34)C2)n1. The van der Waals surface area contributed by atoms with Gasteiger partial charge in [0.2, 0.25) is 0 Å². The quantitative estimate of drug-likeness (QED) is 0.368. The molecule has 4 aromatic heterocycles. The van der Waals surface area contributed by atoms with E-state index in [1.165, 1.54) is 10.4 Å². The van der Waals surface area contributed by atoms with Crippen molar-refractivity contribution in [2.24, 2.45) is 7.05 Å². The van der Waals surface area contributed by atoms with Crippen LogP contribution in [0.1, 0.15) is 16.9 Å². The Morgan fingerprint density at radius 1 is 1.30 bits per heavy atom. The van der Waals surface area contributed by atoms with Gasteiger partial charge in [0, 0.05) is 41.7 Å². The molecule has 0 fully saturated rings. The zero-order chi connectivity index (χ0) is 22.4. The van der Waals surface area contributed by atoms with Crippen LogP contribution in [0.25, 0.3) is 21.1 Å². The predicted molar refractivity (Wildman–Crippen MR) is 126 cm³/mol. The highest BCUT2D eigenvalue weighted by atomic mass is 32.1. The number of hydrogen-bond donors (Lipinski definition) is 3. The molecule has 0 bridgehead atoms. The number of thiophene rings is 1. The first kappa shape index (κ1) is 19.7. The number of ether oxygens (including phenoxy) is 1. The number of carbonyl (C=O) groups is 1. The molecule has 0 saturated carbocycles. The van der Waals surface area contributed by atoms with Crippen LogP contribution in [0, 0.1) is 0 Å². The van der Waals surface area contributed by atoms with Crippen molar-refractivity contribution in [2.45, 2.75) is 25.4 Å². The Bertz CT molecular complexity index is 1490. The minimum absolute atomic E-state index is 0.192. The molecular formula is C22H20N8O2S. The van der Waals surface area contributed by atoms with Crippen molar-refractivity contribution in [1.29, 1.82) is 0 Å². The molecule has 0 spiro atoms. The van der Waals surface area contributed by atoms with E-state index in [9.17, 15) is 4.79 Å². The molecule has 0 radical (unpaired) electrons. The molecule has 3 N–H and O–H groups in total. The summed E-state index contributed by atoms with van der Waals surface area (Å²) in [5.74, 6) is 1.26. The average Bonchev–Trinajstić information content (AvgIpc) is 3.51. The first-order valence-electron chi connectivity index (χ1n) is 10.5. The fraction of sp³-hybridized carbons (Fsp3) is 0.227. The highest BCUT2D eigenvalue weighted by Gasteiger charge is 2.27. The highest BCUT2D eigenvalue weighted by Crippen LogP contribution is 2.39. The van der Waals surface area contributed by atoms with Crippen molar-refractivity contribution in [1.82, 2.24) is 29.9 Å². The molecule has 11 heteroatoms. The Hall–Kier alpha value is -3.99. The van der Waals surface area contributed by atoms with Gasteiger partial charge in [-0.25, -0.2) is 14.8 Å². The van der Waals surface area contributed by atoms with Crippen LogP contribution in [0.2, 0.25) is 0 Å². The zero-order valence-corrected chi connectivity index (χ0v) is 18.5. The number of aromatic amines is 1. The molecule has 10 nitrogen and oxygen atoms in total. The predicted octanol–water partition coefficient (Wildman–Crippen LogP) is 4.15. The van der Waals surface area contributed by atoms with Gasteiger partial charge in [0.05, 0.1) is 17.1 Å². The summed E-state index contributed by atoms with van der Waals surface area (Å²) >= 11 is 1.63. The first-order chi connectivity index (χ1) is 16.1. The number of anilines is 3. The van der Waals surface area contributed by atoms with E-state index in [4.69, 9.17) is 4.74 Å². The summed E-state index contributed by atoms with van der Waals surface area (Å²) < 4.78 is 7.29. The number of carbonyl (C=O) groups excluding carboxylic acids is 1. The van der Waals surface area contributed by atoms with E-state index in [-0.39, 0.29) is 6.10 Å². The van der Waals surface area contributed by atoms with Crippen LogP contribution in [0.5, 0.6) is 0 Å². The van der Waals surface area contributed by atoms with E-state index < -0.39 is 6.09 Å². The fourth-order valence-corrected chi connectivity index (χ4v) is 5.45. The number of H-pyrrole nitrogens is 1. The lowest BCUT2D eigenvalue weighted by Gasteiger charge is -2.22. The lowest BCUT2D eigenvalue weighted by molar-refractivity contribution is 0.103. The molecule has 0 aliphatic heterocycles. The van der Waals surface area contributed by atoms with Gasteiger partial charge in [0.15, 0.2) is 5.82 Å². The zero-order valence-electron chi connectivity index (χ0n) is 17.7. The van der Waals surface area contributed by atoms with Crippen molar-refractivity contribution in [2.75, 3.05) is 10.6 Å². The molecule has 6 rings (SSSR count). The van der Waals surface area contributed by atoms with Crippen LogP contribution < -0.4 is 10.6 Å². The minimum Gasteiger partial charge on any atom is -0.446 e. The number of hydrogen-bond acceptors (Lipinski definition) is 8. The second-order valence-electron chi connectivity index (χ2n) is 7.97. The lowest BCUT2D eigenvalue weighted by atomic mass is 9.94. The molecule has 166 valence electrons. The van der Waals surface area contributed by atoms with Gasteiger partial charge in [0.25, 0.3) is 0 Å². The van der Waals surface area contributed by atoms with Crippen molar-refractivity contribution in [3.8, 4) is 0 Å². The maximum Gasteiger partial charge on any atom is 0.413 e. The number of fused-ring (bicyclic) bond motifs is 4. The molecule has 33 heavy (non-hydrogen) atoms. The summed E-state index contributed by atoms with van der Waals surface area (Å²) in [5, 5.41) is 19.4. The molecule has 1 amide bonds. The van der Waals surface area contributed by atoms with Gasteiger partial charge >= 0.3 is 6.09 Å². The Morgan fingerprint density at radius 3 is 3.12 bits per heavy atom. The van der Waals surface area contributed by atoms with Gasteiger partial charge in [0.1, 0.15) is 23.1 Å². The number of nitrogens with zero attached hydrogens (tertiary/aromatic N) is 5. The van der Waals surface area contributed by atoms with Crippen LogP contribution in [-0.4, -0.2) is 42.1 Å². The van der Waals surface area contributed by atoms with Crippen molar-refractivity contribution in [3.63, 3.8) is 0 Å². The Morgan fingerprint density at radius 2 is 2.24 bits per heavy atom. The molecule has 4 heterocycles. The van der Waals surface area contributed by atoms with Crippen LogP contribution in [-0.2, 0) is 24.6 Å². The first-order valence-corrected chi connectivity index (χ1v) is 11.4. The molecule has 0 saturated heterocycles. The maximum absolute atomic E-state index is 12.3. The average molecular weight is 461 g/mol. The fourth-order valence-electron chi connectivity index (χ4n) is 4.20. The van der Waals surface area contributed by atoms with E-state index in [0.29, 0.717) is 12.2 Å². The standard InChI is InChI=1S/C22H20N8O2S/c1-30-7-6-18(29-30)27-22(31)32-14-3-4-15-17(9-14)33-21-19(15)20(23-11-24-21)26-13-2-5-16-12(8-13)10-25-28-16/h2,5-8,10-11,14H,3-4,9H2,1H3,(H,25,28)(H,23,24,26)(H,27,29,31). The summed E-state index contributed by atoms with van der Waals surface area (Å²) in [6, 6.07) is 7.75. The summed E-state index contributed by atoms with van der Waals surface area (Å²) in [4.78, 5) is 23.4. The second-order valence-corrected chi connectivity index (χ2v) is 9.06. The summed E-state index contributed by atoms with van der Waals surface area (Å²) in [6.07, 6.45) is 6.65. The largest absolute Gasteiger partial charge is 0.446 e. The summed E-state index contributed by atoms with van der Waals surface area (Å²) in [5.41, 5.74) is 3.15. The van der Waals surface area contributed by atoms with Crippen molar-refractivity contribution in [3.05, 3.63) is 53.4 Å². The van der Waals surface area contributed by atoms with E-state index >= 15 is 0 Å². The molecule has 1 unspecified atom stereocenters. The second kappa shape index (κ2) is 7.85. The van der Waals surface area contributed by atoms with Gasteiger partial charge in [-0.1, -0.05) is 0 Å². The van der Waals surface area contributed by atoms with Gasteiger partial charge < -0.3 is 10.1 Å². The van der Waals surface area contributed by atoms with E-state index in [1.807, 2.05) is 18.2 Å².